The van der Waals surface area contributed by atoms with Crippen LogP contribution in [0.2, 0.25) is 0 Å². The molecule has 0 fully saturated rings. The Kier molecular flexibility index (Phi) is 6.89. The highest BCUT2D eigenvalue weighted by Crippen LogP contribution is 2.29. The van der Waals surface area contributed by atoms with E-state index in [-0.39, 0.29) is 17.9 Å². The molecule has 0 bridgehead atoms. The quantitative estimate of drug-likeness (QED) is 0.313. The monoisotopic (exact) mass is 425 g/mol. The van der Waals surface area contributed by atoms with Gasteiger partial charge < -0.3 is 9.47 Å². The van der Waals surface area contributed by atoms with Crippen molar-refractivity contribution in [1.29, 1.82) is 0 Å². The zero-order chi connectivity index (χ0) is 22.2. The second-order valence-electron chi connectivity index (χ2n) is 6.23. The third-order valence-corrected chi connectivity index (χ3v) is 4.08. The number of hydrogen-bond donors (Lipinski definition) is 1. The number of non-ortho nitro benzene ring substituents is 1. The molecule has 1 N–H and O–H groups in total. The van der Waals surface area contributed by atoms with Crippen LogP contribution >= 0.6 is 0 Å². The molecule has 0 aliphatic carbocycles. The van der Waals surface area contributed by atoms with Gasteiger partial charge in [-0.15, -0.1) is 0 Å². The number of hydrogen-bond acceptors (Lipinski definition) is 9. The van der Waals surface area contributed by atoms with Crippen molar-refractivity contribution in [2.45, 2.75) is 20.5 Å². The number of nitro benzene ring substituents is 1. The number of nitro groups is 1. The van der Waals surface area contributed by atoms with Crippen LogP contribution in [0.15, 0.2) is 52.2 Å². The highest BCUT2D eigenvalue weighted by molar-refractivity contribution is 5.95. The van der Waals surface area contributed by atoms with Gasteiger partial charge >= 0.3 is 0 Å². The highest BCUT2D eigenvalue weighted by Gasteiger charge is 2.12. The molecule has 11 nitrogen and oxygen atoms in total. The summed E-state index contributed by atoms with van der Waals surface area (Å²) in [5.74, 6) is 0.425. The molecule has 0 radical (unpaired) electrons. The molecule has 0 spiro atoms. The van der Waals surface area contributed by atoms with E-state index in [4.69, 9.17) is 9.47 Å². The van der Waals surface area contributed by atoms with Crippen LogP contribution in [0, 0.1) is 17.0 Å². The molecule has 2 aromatic carbocycles. The Hall–Kier alpha value is -4.28. The van der Waals surface area contributed by atoms with Gasteiger partial charge in [-0.3, -0.25) is 14.9 Å². The zero-order valence-corrected chi connectivity index (χ0v) is 16.8. The fourth-order valence-corrected chi connectivity index (χ4v) is 2.51. The molecule has 3 aromatic rings. The predicted molar refractivity (Wildman–Crippen MR) is 109 cm³/mol. The number of carbonyl (C=O) groups is 1. The molecule has 3 rings (SSSR count). The predicted octanol–water partition coefficient (Wildman–Crippen LogP) is 3.03. The summed E-state index contributed by atoms with van der Waals surface area (Å²) in [5.41, 5.74) is 4.16. The topological polar surface area (TPSA) is 142 Å². The maximum Gasteiger partial charge on any atom is 0.271 e. The summed E-state index contributed by atoms with van der Waals surface area (Å²) in [6.07, 6.45) is 1.42. The van der Waals surface area contributed by atoms with Gasteiger partial charge in [0.25, 0.3) is 11.6 Å². The third-order valence-electron chi connectivity index (χ3n) is 4.08. The van der Waals surface area contributed by atoms with Crippen LogP contribution in [-0.4, -0.2) is 34.0 Å². The summed E-state index contributed by atoms with van der Waals surface area (Å²) < 4.78 is 16.0. The lowest BCUT2D eigenvalue weighted by atomic mass is 10.2. The molecule has 0 saturated heterocycles. The Morgan fingerprint density at radius 1 is 1.23 bits per heavy atom. The van der Waals surface area contributed by atoms with E-state index in [1.807, 2.05) is 6.92 Å². The number of aryl methyl sites for hydroxylation is 1. The van der Waals surface area contributed by atoms with Crippen molar-refractivity contribution in [3.8, 4) is 11.5 Å². The second-order valence-corrected chi connectivity index (χ2v) is 6.23. The second kappa shape index (κ2) is 9.96. The zero-order valence-electron chi connectivity index (χ0n) is 16.8. The molecule has 1 aromatic heterocycles. The maximum absolute atomic E-state index is 12.1. The minimum atomic E-state index is -0.570. The van der Waals surface area contributed by atoms with Crippen molar-refractivity contribution in [3.63, 3.8) is 0 Å². The molecule has 1 amide bonds. The lowest BCUT2D eigenvalue weighted by Crippen LogP contribution is -2.17. The average molecular weight is 425 g/mol. The van der Waals surface area contributed by atoms with Crippen molar-refractivity contribution >= 4 is 17.8 Å². The van der Waals surface area contributed by atoms with Crippen LogP contribution in [0.4, 0.5) is 5.69 Å². The van der Waals surface area contributed by atoms with Crippen molar-refractivity contribution < 1.29 is 23.8 Å². The Labute approximate surface area is 176 Å². The number of ether oxygens (including phenoxy) is 2. The van der Waals surface area contributed by atoms with Crippen LogP contribution in [0.25, 0.3) is 0 Å². The fourth-order valence-electron chi connectivity index (χ4n) is 2.51. The smallest absolute Gasteiger partial charge is 0.271 e. The van der Waals surface area contributed by atoms with Gasteiger partial charge in [-0.05, 0) is 43.7 Å². The normalized spacial score (nSPS) is 10.8. The molecule has 0 aliphatic rings. The van der Waals surface area contributed by atoms with Gasteiger partial charge in [0.2, 0.25) is 0 Å². The van der Waals surface area contributed by atoms with Crippen molar-refractivity contribution in [3.05, 3.63) is 75.1 Å². The van der Waals surface area contributed by atoms with Crippen LogP contribution in [0.1, 0.15) is 34.2 Å². The maximum atomic E-state index is 12.1. The molecular formula is C20H19N5O6. The minimum Gasteiger partial charge on any atom is -0.490 e. The SMILES string of the molecule is CCOc1cc(/C=N/NC(=O)c2cccc([N+](=O)[O-])c2)ccc1OCc1nonc1C. The highest BCUT2D eigenvalue weighted by atomic mass is 16.6. The standard InChI is InChI=1S/C20H19N5O6/c1-3-29-19-9-14(7-8-18(19)30-12-17-13(2)23-31-24-17)11-21-22-20(26)15-5-4-6-16(10-15)25(27)28/h4-11H,3,12H2,1-2H3,(H,22,26)/b21-11+. The van der Waals surface area contributed by atoms with E-state index in [0.29, 0.717) is 35.1 Å². The fraction of sp³-hybridized carbons (Fsp3) is 0.200. The summed E-state index contributed by atoms with van der Waals surface area (Å²) in [5, 5.41) is 22.2. The van der Waals surface area contributed by atoms with E-state index in [2.05, 4.69) is 25.5 Å². The van der Waals surface area contributed by atoms with E-state index in [1.165, 1.54) is 30.5 Å². The Morgan fingerprint density at radius 3 is 2.77 bits per heavy atom. The van der Waals surface area contributed by atoms with E-state index in [0.717, 1.165) is 0 Å². The lowest BCUT2D eigenvalue weighted by Gasteiger charge is -2.11. The molecule has 0 aliphatic heterocycles. The number of hydrazone groups is 1. The van der Waals surface area contributed by atoms with Crippen molar-refractivity contribution in [2.75, 3.05) is 6.61 Å². The first-order valence-corrected chi connectivity index (χ1v) is 9.23. The van der Waals surface area contributed by atoms with E-state index >= 15 is 0 Å². The van der Waals surface area contributed by atoms with Crippen LogP contribution in [-0.2, 0) is 6.61 Å². The molecule has 1 heterocycles. The summed E-state index contributed by atoms with van der Waals surface area (Å²) >= 11 is 0. The van der Waals surface area contributed by atoms with Gasteiger partial charge in [-0.25, -0.2) is 10.1 Å². The molecule has 31 heavy (non-hydrogen) atoms. The number of nitrogens with one attached hydrogen (secondary N) is 1. The number of benzene rings is 2. The van der Waals surface area contributed by atoms with Gasteiger partial charge in [0.05, 0.1) is 17.7 Å². The molecular weight excluding hydrogens is 406 g/mol. The first kappa shape index (κ1) is 21.4. The van der Waals surface area contributed by atoms with Crippen LogP contribution in [0.3, 0.4) is 0 Å². The van der Waals surface area contributed by atoms with E-state index in [9.17, 15) is 14.9 Å². The average Bonchev–Trinajstić information content (AvgIpc) is 3.18. The van der Waals surface area contributed by atoms with E-state index < -0.39 is 10.8 Å². The van der Waals surface area contributed by atoms with Gasteiger partial charge in [0.15, 0.2) is 11.5 Å². The molecule has 11 heteroatoms. The third kappa shape index (κ3) is 5.63. The Balaban J connectivity index is 1.66. The lowest BCUT2D eigenvalue weighted by molar-refractivity contribution is -0.384. The summed E-state index contributed by atoms with van der Waals surface area (Å²) in [6.45, 7) is 4.20. The first-order valence-electron chi connectivity index (χ1n) is 9.23. The van der Waals surface area contributed by atoms with Gasteiger partial charge in [-0.2, -0.15) is 5.10 Å². The van der Waals surface area contributed by atoms with Crippen molar-refractivity contribution in [1.82, 2.24) is 15.7 Å². The summed E-state index contributed by atoms with van der Waals surface area (Å²) in [4.78, 5) is 22.4. The molecule has 0 unspecified atom stereocenters. The van der Waals surface area contributed by atoms with Gasteiger partial charge in [-0.1, -0.05) is 16.4 Å². The summed E-state index contributed by atoms with van der Waals surface area (Å²) in [6, 6.07) is 10.5. The number of nitrogens with zero attached hydrogens (tertiary/aromatic N) is 4. The van der Waals surface area contributed by atoms with E-state index in [1.54, 1.807) is 25.1 Å². The molecule has 0 atom stereocenters. The molecule has 160 valence electrons. The van der Waals surface area contributed by atoms with Crippen molar-refractivity contribution in [2.24, 2.45) is 5.10 Å². The first-order chi connectivity index (χ1) is 15.0. The largest absolute Gasteiger partial charge is 0.490 e. The number of amides is 1. The minimum absolute atomic E-state index is 0.128. The van der Waals surface area contributed by atoms with Crippen LogP contribution < -0.4 is 14.9 Å². The molecule has 0 saturated carbocycles. The number of aromatic nitrogens is 2. The number of rotatable bonds is 9. The van der Waals surface area contributed by atoms with Gasteiger partial charge in [0, 0.05) is 17.7 Å². The Morgan fingerprint density at radius 2 is 2.06 bits per heavy atom. The van der Waals surface area contributed by atoms with Crippen LogP contribution in [0.5, 0.6) is 11.5 Å². The summed E-state index contributed by atoms with van der Waals surface area (Å²) in [7, 11) is 0. The number of carbonyl (C=O) groups excluding carboxylic acids is 1. The van der Waals surface area contributed by atoms with Gasteiger partial charge in [0.1, 0.15) is 18.0 Å². The Bertz CT molecular complexity index is 1110.